The molecule has 4 nitrogen and oxygen atoms in total. The Morgan fingerprint density at radius 3 is 2.67 bits per heavy atom. The van der Waals surface area contributed by atoms with Crippen molar-refractivity contribution < 1.29 is 14.6 Å². The third kappa shape index (κ3) is 3.73. The lowest BCUT2D eigenvalue weighted by Gasteiger charge is -2.16. The molecule has 2 aromatic carbocycles. The fourth-order valence-corrected chi connectivity index (χ4v) is 2.46. The first kappa shape index (κ1) is 16.0. The monoisotopic (exact) mass is 321 g/mol. The van der Waals surface area contributed by atoms with Crippen LogP contribution in [0, 0.1) is 0 Å². The van der Waals surface area contributed by atoms with Gasteiger partial charge in [0.15, 0.2) is 0 Å². The summed E-state index contributed by atoms with van der Waals surface area (Å²) in [5.74, 6) is 1.31. The van der Waals surface area contributed by atoms with E-state index in [0.29, 0.717) is 23.7 Å². The van der Waals surface area contributed by atoms with Crippen LogP contribution in [0.1, 0.15) is 22.8 Å². The molecule has 1 heterocycles. The maximum atomic E-state index is 10.7. The zero-order chi connectivity index (χ0) is 16.8. The molecule has 0 aliphatic carbocycles. The molecule has 0 saturated heterocycles. The first-order chi connectivity index (χ1) is 11.8. The highest BCUT2D eigenvalue weighted by Crippen LogP contribution is 2.31. The normalized spacial score (nSPS) is 11.8. The molecule has 1 N–H and O–H groups in total. The van der Waals surface area contributed by atoms with Crippen molar-refractivity contribution in [3.05, 3.63) is 89.7 Å². The third-order valence-electron chi connectivity index (χ3n) is 3.75. The number of pyridine rings is 1. The molecule has 0 saturated carbocycles. The Morgan fingerprint density at radius 2 is 1.88 bits per heavy atom. The van der Waals surface area contributed by atoms with Crippen LogP contribution in [0.5, 0.6) is 11.5 Å². The van der Waals surface area contributed by atoms with E-state index in [0.717, 1.165) is 11.1 Å². The van der Waals surface area contributed by atoms with Crippen LogP contribution in [0.3, 0.4) is 0 Å². The largest absolute Gasteiger partial charge is 0.497 e. The van der Waals surface area contributed by atoms with Crippen molar-refractivity contribution in [2.75, 3.05) is 7.11 Å². The second-order valence-corrected chi connectivity index (χ2v) is 5.37. The average molecular weight is 321 g/mol. The standard InChI is InChI=1S/C20H19NO3/c1-23-17-9-5-8-16(12-17)20(22)18-13-21-11-10-19(18)24-14-15-6-3-2-4-7-15/h2-13,20,22H,14H2,1H3. The quantitative estimate of drug-likeness (QED) is 0.751. The fourth-order valence-electron chi connectivity index (χ4n) is 2.46. The molecular formula is C20H19NO3. The third-order valence-corrected chi connectivity index (χ3v) is 3.75. The van der Waals surface area contributed by atoms with Crippen LogP contribution < -0.4 is 9.47 Å². The molecule has 0 fully saturated rings. The predicted molar refractivity (Wildman–Crippen MR) is 92.1 cm³/mol. The van der Waals surface area contributed by atoms with Crippen LogP contribution >= 0.6 is 0 Å². The maximum Gasteiger partial charge on any atom is 0.129 e. The summed E-state index contributed by atoms with van der Waals surface area (Å²) in [6.07, 6.45) is 2.45. The van der Waals surface area contributed by atoms with Gasteiger partial charge in [-0.25, -0.2) is 0 Å². The Kier molecular flexibility index (Phi) is 5.08. The van der Waals surface area contributed by atoms with E-state index in [-0.39, 0.29) is 0 Å². The van der Waals surface area contributed by atoms with Crippen LogP contribution in [-0.4, -0.2) is 17.2 Å². The number of nitrogens with zero attached hydrogens (tertiary/aromatic N) is 1. The molecule has 4 heteroatoms. The van der Waals surface area contributed by atoms with Gasteiger partial charge >= 0.3 is 0 Å². The van der Waals surface area contributed by atoms with Gasteiger partial charge in [-0.3, -0.25) is 4.98 Å². The van der Waals surface area contributed by atoms with E-state index in [9.17, 15) is 5.11 Å². The van der Waals surface area contributed by atoms with Crippen molar-refractivity contribution in [3.63, 3.8) is 0 Å². The molecule has 122 valence electrons. The Bertz CT molecular complexity index is 790. The zero-order valence-corrected chi connectivity index (χ0v) is 13.4. The number of benzene rings is 2. The highest BCUT2D eigenvalue weighted by molar-refractivity contribution is 5.40. The molecule has 0 radical (unpaired) electrons. The first-order valence-corrected chi connectivity index (χ1v) is 7.70. The summed E-state index contributed by atoms with van der Waals surface area (Å²) in [6, 6.07) is 19.0. The number of hydrogen-bond donors (Lipinski definition) is 1. The number of aliphatic hydroxyl groups excluding tert-OH is 1. The fraction of sp³-hybridized carbons (Fsp3) is 0.150. The Hall–Kier alpha value is -2.85. The van der Waals surface area contributed by atoms with Gasteiger partial charge < -0.3 is 14.6 Å². The molecule has 1 aromatic heterocycles. The summed E-state index contributed by atoms with van der Waals surface area (Å²) in [6.45, 7) is 0.433. The van der Waals surface area contributed by atoms with Gasteiger partial charge in [0.1, 0.15) is 24.2 Å². The number of rotatable bonds is 6. The smallest absolute Gasteiger partial charge is 0.129 e. The minimum absolute atomic E-state index is 0.433. The van der Waals surface area contributed by atoms with Crippen LogP contribution in [0.15, 0.2) is 73.1 Å². The average Bonchev–Trinajstić information content (AvgIpc) is 2.67. The highest BCUT2D eigenvalue weighted by atomic mass is 16.5. The number of hydrogen-bond acceptors (Lipinski definition) is 4. The molecule has 0 spiro atoms. The van der Waals surface area contributed by atoms with Crippen molar-refractivity contribution in [2.45, 2.75) is 12.7 Å². The van der Waals surface area contributed by atoms with Crippen LogP contribution in [0.25, 0.3) is 0 Å². The van der Waals surface area contributed by atoms with Gasteiger partial charge in [-0.2, -0.15) is 0 Å². The number of aliphatic hydroxyl groups is 1. The molecule has 1 atom stereocenters. The number of methoxy groups -OCH3 is 1. The molecule has 3 rings (SSSR count). The lowest BCUT2D eigenvalue weighted by Crippen LogP contribution is -2.05. The molecule has 3 aromatic rings. The topological polar surface area (TPSA) is 51.6 Å². The lowest BCUT2D eigenvalue weighted by molar-refractivity contribution is 0.208. The zero-order valence-electron chi connectivity index (χ0n) is 13.4. The molecule has 0 amide bonds. The van der Waals surface area contributed by atoms with Gasteiger partial charge in [0.05, 0.1) is 7.11 Å². The van der Waals surface area contributed by atoms with Gasteiger partial charge in [-0.05, 0) is 29.3 Å². The van der Waals surface area contributed by atoms with Gasteiger partial charge in [0.2, 0.25) is 0 Å². The van der Waals surface area contributed by atoms with E-state index in [1.807, 2.05) is 48.5 Å². The Morgan fingerprint density at radius 1 is 1.04 bits per heavy atom. The second kappa shape index (κ2) is 7.62. The van der Waals surface area contributed by atoms with Crippen molar-refractivity contribution in [2.24, 2.45) is 0 Å². The van der Waals surface area contributed by atoms with Crippen LogP contribution in [0.2, 0.25) is 0 Å². The van der Waals surface area contributed by atoms with Gasteiger partial charge in [-0.1, -0.05) is 42.5 Å². The van der Waals surface area contributed by atoms with E-state index >= 15 is 0 Å². The first-order valence-electron chi connectivity index (χ1n) is 7.70. The van der Waals surface area contributed by atoms with E-state index < -0.39 is 6.10 Å². The van der Waals surface area contributed by atoms with Crippen LogP contribution in [0.4, 0.5) is 0 Å². The Labute approximate surface area is 141 Å². The number of aromatic nitrogens is 1. The van der Waals surface area contributed by atoms with Crippen molar-refractivity contribution in [3.8, 4) is 11.5 Å². The highest BCUT2D eigenvalue weighted by Gasteiger charge is 2.16. The van der Waals surface area contributed by atoms with Crippen molar-refractivity contribution in [1.29, 1.82) is 0 Å². The van der Waals surface area contributed by atoms with E-state index in [1.165, 1.54) is 0 Å². The minimum Gasteiger partial charge on any atom is -0.497 e. The SMILES string of the molecule is COc1cccc(C(O)c2cnccc2OCc2ccccc2)c1. The van der Waals surface area contributed by atoms with Gasteiger partial charge in [-0.15, -0.1) is 0 Å². The summed E-state index contributed by atoms with van der Waals surface area (Å²) in [7, 11) is 1.60. The van der Waals surface area contributed by atoms with Crippen LogP contribution in [-0.2, 0) is 6.61 Å². The predicted octanol–water partition coefficient (Wildman–Crippen LogP) is 3.75. The van der Waals surface area contributed by atoms with E-state index in [1.54, 1.807) is 31.6 Å². The molecule has 0 bridgehead atoms. The van der Waals surface area contributed by atoms with Crippen molar-refractivity contribution in [1.82, 2.24) is 4.98 Å². The van der Waals surface area contributed by atoms with E-state index in [2.05, 4.69) is 4.98 Å². The Balaban J connectivity index is 1.82. The summed E-state index contributed by atoms with van der Waals surface area (Å²) in [4.78, 5) is 4.12. The van der Waals surface area contributed by atoms with E-state index in [4.69, 9.17) is 9.47 Å². The van der Waals surface area contributed by atoms with Gasteiger partial charge in [0.25, 0.3) is 0 Å². The molecule has 0 aliphatic heterocycles. The summed E-state index contributed by atoms with van der Waals surface area (Å²) < 4.78 is 11.1. The number of ether oxygens (including phenoxy) is 2. The summed E-state index contributed by atoms with van der Waals surface area (Å²) in [5.41, 5.74) is 2.42. The summed E-state index contributed by atoms with van der Waals surface area (Å²) in [5, 5.41) is 10.7. The summed E-state index contributed by atoms with van der Waals surface area (Å²) >= 11 is 0. The lowest BCUT2D eigenvalue weighted by atomic mass is 10.0. The molecule has 24 heavy (non-hydrogen) atoms. The van der Waals surface area contributed by atoms with Gasteiger partial charge in [0, 0.05) is 18.0 Å². The van der Waals surface area contributed by atoms with Crippen molar-refractivity contribution >= 4 is 0 Å². The second-order valence-electron chi connectivity index (χ2n) is 5.37. The molecule has 0 aliphatic rings. The molecule has 1 unspecified atom stereocenters. The maximum absolute atomic E-state index is 10.7. The minimum atomic E-state index is -0.834. The molecular weight excluding hydrogens is 302 g/mol.